The van der Waals surface area contributed by atoms with E-state index in [4.69, 9.17) is 10.7 Å². The fourth-order valence-electron chi connectivity index (χ4n) is 2.11. The highest BCUT2D eigenvalue weighted by molar-refractivity contribution is 9.10. The molecule has 0 unspecified atom stereocenters. The van der Waals surface area contributed by atoms with Gasteiger partial charge < -0.3 is 10.3 Å². The summed E-state index contributed by atoms with van der Waals surface area (Å²) >= 11 is 3.33. The van der Waals surface area contributed by atoms with Gasteiger partial charge in [-0.05, 0) is 24.3 Å². The van der Waals surface area contributed by atoms with E-state index in [0.29, 0.717) is 5.56 Å². The molecule has 0 amide bonds. The summed E-state index contributed by atoms with van der Waals surface area (Å²) in [6.07, 6.45) is 4.76. The fourth-order valence-corrected chi connectivity index (χ4v) is 2.37. The molecule has 0 aliphatic carbocycles. The zero-order chi connectivity index (χ0) is 18.4. The van der Waals surface area contributed by atoms with Gasteiger partial charge in [0.05, 0.1) is 5.57 Å². The molecule has 1 aromatic carbocycles. The molecule has 1 aromatic heterocycles. The third kappa shape index (κ3) is 4.51. The molecule has 124 valence electrons. The van der Waals surface area contributed by atoms with Gasteiger partial charge in [-0.15, -0.1) is 0 Å². The number of ketones is 1. The number of halogens is 1. The molecule has 0 saturated carbocycles. The number of hydrogen-bond donors (Lipinski definition) is 0. The lowest BCUT2D eigenvalue weighted by Gasteiger charge is -2.10. The van der Waals surface area contributed by atoms with Crippen LogP contribution in [0.3, 0.4) is 0 Å². The maximum absolute atomic E-state index is 12.9. The number of nitrogens with zero attached hydrogens (tertiary/aromatic N) is 4. The van der Waals surface area contributed by atoms with Gasteiger partial charge in [-0.1, -0.05) is 15.9 Å². The number of hydrogen-bond acceptors (Lipinski definition) is 3. The Hall–Kier alpha value is -3.00. The van der Waals surface area contributed by atoms with Crippen molar-refractivity contribution in [2.24, 2.45) is 0 Å². The maximum Gasteiger partial charge on any atom is 0.260 e. The van der Waals surface area contributed by atoms with E-state index in [-0.39, 0.29) is 17.1 Å². The van der Waals surface area contributed by atoms with Gasteiger partial charge >= 0.3 is 0 Å². The van der Waals surface area contributed by atoms with E-state index in [1.807, 2.05) is 31.1 Å². The minimum atomic E-state index is -0.280. The first-order valence-electron chi connectivity index (χ1n) is 7.34. The van der Waals surface area contributed by atoms with Crippen LogP contribution in [0.2, 0.25) is 0 Å². The summed E-state index contributed by atoms with van der Waals surface area (Å²) in [7, 11) is 3.83. The minimum Gasteiger partial charge on any atom is -0.762 e. The predicted octanol–water partition coefficient (Wildman–Crippen LogP) is 3.22. The molecule has 0 aliphatic heterocycles. The normalized spacial score (nSPS) is 10.6. The van der Waals surface area contributed by atoms with Crippen molar-refractivity contribution in [3.63, 3.8) is 0 Å². The van der Waals surface area contributed by atoms with Crippen LogP contribution in [0, 0.1) is 11.3 Å². The number of aromatic nitrogens is 1. The van der Waals surface area contributed by atoms with E-state index in [1.54, 1.807) is 53.2 Å². The lowest BCUT2D eigenvalue weighted by molar-refractivity contribution is -0.576. The second-order valence-electron chi connectivity index (χ2n) is 5.36. The summed E-state index contributed by atoms with van der Waals surface area (Å²) in [6, 6.07) is 12.4. The van der Waals surface area contributed by atoms with Crippen LogP contribution in [0.4, 0.5) is 5.69 Å². The smallest absolute Gasteiger partial charge is 0.260 e. The average Bonchev–Trinajstić information content (AvgIpc) is 2.63. The van der Waals surface area contributed by atoms with Gasteiger partial charge in [-0.2, -0.15) is 9.83 Å². The maximum atomic E-state index is 12.9. The van der Waals surface area contributed by atoms with Crippen LogP contribution >= 0.6 is 15.9 Å². The van der Waals surface area contributed by atoms with Crippen LogP contribution < -0.4 is 9.47 Å². The van der Waals surface area contributed by atoms with E-state index in [9.17, 15) is 4.79 Å². The van der Waals surface area contributed by atoms with Crippen molar-refractivity contribution < 1.29 is 9.36 Å². The van der Waals surface area contributed by atoms with Crippen LogP contribution in [0.1, 0.15) is 10.4 Å². The average molecular weight is 395 g/mol. The van der Waals surface area contributed by atoms with E-state index < -0.39 is 0 Å². The molecule has 0 N–H and O–H groups in total. The third-order valence-corrected chi connectivity index (χ3v) is 4.00. The van der Waals surface area contributed by atoms with Crippen LogP contribution in [-0.2, 0) is 0 Å². The highest BCUT2D eigenvalue weighted by Crippen LogP contribution is 2.15. The Bertz CT molecular complexity index is 900. The number of benzene rings is 1. The molecular weight excluding hydrogens is 380 g/mol. The summed E-state index contributed by atoms with van der Waals surface area (Å²) in [4.78, 5) is 14.8. The summed E-state index contributed by atoms with van der Waals surface area (Å²) in [6.45, 7) is 0. The van der Waals surface area contributed by atoms with Gasteiger partial charge in [0.15, 0.2) is 12.4 Å². The van der Waals surface area contributed by atoms with Crippen molar-refractivity contribution >= 4 is 39.0 Å². The van der Waals surface area contributed by atoms with Crippen molar-refractivity contribution in [1.82, 2.24) is 0 Å². The van der Waals surface area contributed by atoms with Gasteiger partial charge in [0.25, 0.3) is 11.5 Å². The highest BCUT2D eigenvalue weighted by atomic mass is 79.9. The molecule has 2 rings (SSSR count). The van der Waals surface area contributed by atoms with Crippen LogP contribution in [0.5, 0.6) is 0 Å². The molecule has 2 aromatic rings. The van der Waals surface area contributed by atoms with Gasteiger partial charge in [-0.3, -0.25) is 10.7 Å². The van der Waals surface area contributed by atoms with E-state index in [0.717, 1.165) is 10.2 Å². The Labute approximate surface area is 154 Å². The Balaban J connectivity index is 2.54. The first-order chi connectivity index (χ1) is 12.0. The van der Waals surface area contributed by atoms with Crippen molar-refractivity contribution in [2.75, 3.05) is 19.0 Å². The quantitative estimate of drug-likeness (QED) is 0.195. The molecule has 0 spiro atoms. The largest absolute Gasteiger partial charge is 0.762 e. The monoisotopic (exact) mass is 394 g/mol. The fraction of sp³-hybridized carbons (Fsp3) is 0.105. The number of allylic oxidation sites excluding steroid dienone is 3. The predicted molar refractivity (Wildman–Crippen MR) is 101 cm³/mol. The number of pyridine rings is 1. The molecule has 1 heterocycles. The number of Topliss-reactive ketones (excluding diaryl/α,β-unsaturated/α-hetero) is 1. The SMILES string of the molecule is CN(C)c1cc[n+](C(=CC(=C=[N-])C#N)C(=O)c2ccc(Br)cc2)cc1. The molecule has 0 aliphatic rings. The summed E-state index contributed by atoms with van der Waals surface area (Å²) < 4.78 is 2.46. The summed E-state index contributed by atoms with van der Waals surface area (Å²) in [5.74, 6) is 1.52. The van der Waals surface area contributed by atoms with Crippen molar-refractivity contribution in [1.29, 1.82) is 5.26 Å². The molecule has 25 heavy (non-hydrogen) atoms. The Morgan fingerprint density at radius 1 is 1.20 bits per heavy atom. The van der Waals surface area contributed by atoms with Gasteiger partial charge in [0, 0.05) is 48.0 Å². The first-order valence-corrected chi connectivity index (χ1v) is 8.13. The second-order valence-corrected chi connectivity index (χ2v) is 6.28. The van der Waals surface area contributed by atoms with Gasteiger partial charge in [-0.25, -0.2) is 0 Å². The number of rotatable bonds is 5. The molecule has 6 heteroatoms. The van der Waals surface area contributed by atoms with Gasteiger partial charge in [0.1, 0.15) is 6.07 Å². The van der Waals surface area contributed by atoms with E-state index >= 15 is 0 Å². The second kappa shape index (κ2) is 8.20. The van der Waals surface area contributed by atoms with Crippen molar-refractivity contribution in [2.45, 2.75) is 0 Å². The highest BCUT2D eigenvalue weighted by Gasteiger charge is 2.22. The van der Waals surface area contributed by atoms with Gasteiger partial charge in [0.2, 0.25) is 0 Å². The van der Waals surface area contributed by atoms with Crippen LogP contribution in [-0.4, -0.2) is 25.7 Å². The Morgan fingerprint density at radius 2 is 1.80 bits per heavy atom. The number of nitriles is 1. The third-order valence-electron chi connectivity index (χ3n) is 3.47. The molecule has 0 atom stereocenters. The molecular formula is C19H15BrN4O. The summed E-state index contributed by atoms with van der Waals surface area (Å²) in [5, 5.41) is 18.1. The van der Waals surface area contributed by atoms with Crippen molar-refractivity contribution in [3.05, 3.63) is 75.9 Å². The van der Waals surface area contributed by atoms with E-state index in [1.165, 1.54) is 6.08 Å². The topological polar surface area (TPSA) is 70.3 Å². The molecule has 0 bridgehead atoms. The van der Waals surface area contributed by atoms with Crippen LogP contribution in [0.25, 0.3) is 11.1 Å². The molecule has 0 fully saturated rings. The first kappa shape index (κ1) is 18.3. The lowest BCUT2D eigenvalue weighted by atomic mass is 10.1. The standard InChI is InChI=1S/C19H15BrN4O/c1-23(2)17-7-9-24(10-8-17)18(11-14(12-21)13-22)19(25)15-3-5-16(20)6-4-15/h3-11H,1-2H3. The zero-order valence-electron chi connectivity index (χ0n) is 13.8. The number of carbonyl (C=O) groups is 1. The molecule has 0 saturated heterocycles. The van der Waals surface area contributed by atoms with Crippen LogP contribution in [0.15, 0.2) is 64.9 Å². The zero-order valence-corrected chi connectivity index (χ0v) is 15.4. The molecule has 0 radical (unpaired) electrons. The lowest BCUT2D eigenvalue weighted by Crippen LogP contribution is -2.36. The Morgan fingerprint density at radius 3 is 2.28 bits per heavy atom. The number of anilines is 1. The summed E-state index contributed by atoms with van der Waals surface area (Å²) in [5.41, 5.74) is 1.53. The number of carbonyl (C=O) groups excluding carboxylic acids is 1. The minimum absolute atomic E-state index is 0.135. The Kier molecular flexibility index (Phi) is 6.02. The van der Waals surface area contributed by atoms with E-state index in [2.05, 4.69) is 15.9 Å². The van der Waals surface area contributed by atoms with Crippen molar-refractivity contribution in [3.8, 4) is 6.07 Å². The molecule has 5 nitrogen and oxygen atoms in total.